The summed E-state index contributed by atoms with van der Waals surface area (Å²) < 4.78 is 201. The third kappa shape index (κ3) is 7.06. The van der Waals surface area contributed by atoms with Gasteiger partial charge < -0.3 is 3.87 Å². The van der Waals surface area contributed by atoms with Crippen LogP contribution in [-0.4, -0.2) is 58.7 Å². The molecule has 0 heterocycles. The van der Waals surface area contributed by atoms with E-state index in [0.717, 1.165) is 37.4 Å². The number of alkyl halides is 9. The molecule has 0 unspecified atom stereocenters. The van der Waals surface area contributed by atoms with E-state index in [2.05, 4.69) is 11.6 Å². The summed E-state index contributed by atoms with van der Waals surface area (Å²) in [6.45, 7) is 1.87. The molecule has 0 amide bonds. The van der Waals surface area contributed by atoms with Gasteiger partial charge in [0.1, 0.15) is 0 Å². The quantitative estimate of drug-likeness (QED) is 0.222. The van der Waals surface area contributed by atoms with Crippen molar-refractivity contribution in [2.45, 2.75) is 29.6 Å². The fourth-order valence-corrected chi connectivity index (χ4v) is 13.5. The normalized spacial score (nSPS) is 14.8. The molecule has 0 radical (unpaired) electrons. The van der Waals surface area contributed by atoms with Gasteiger partial charge in [-0.1, -0.05) is 54.6 Å². The summed E-state index contributed by atoms with van der Waals surface area (Å²) in [4.78, 5) is 0. The summed E-state index contributed by atoms with van der Waals surface area (Å²) in [6.07, 6.45) is 0. The van der Waals surface area contributed by atoms with E-state index in [4.69, 9.17) is 0 Å². The Balaban J connectivity index is 2.86. The molecule has 0 aliphatic rings. The summed E-state index contributed by atoms with van der Waals surface area (Å²) in [5.41, 5.74) is -18.4. The van der Waals surface area contributed by atoms with Gasteiger partial charge in [0.05, 0.1) is 0 Å². The number of hydrogen-bond acceptors (Lipinski definition) is 9. The van der Waals surface area contributed by atoms with Gasteiger partial charge in [0, 0.05) is 10.4 Å². The molecule has 0 spiro atoms. The minimum absolute atomic E-state index is 0.350. The van der Waals surface area contributed by atoms with Gasteiger partial charge in [0.25, 0.3) is 0 Å². The SMILES string of the molecule is C[Si](C)(OS(=O)(=O)C(F)(F)F)c1ccc([Si](OS(=O)(=O)C(F)(F)F)(OS(=O)(=O)C(F)(F)F)c2ccccc2)cc1. The predicted molar refractivity (Wildman–Crippen MR) is 123 cm³/mol. The van der Waals surface area contributed by atoms with Crippen molar-refractivity contribution in [1.82, 2.24) is 0 Å². The minimum atomic E-state index is -6.86. The fraction of sp³-hybridized carbons (Fsp3) is 0.294. The second-order valence-electron chi connectivity index (χ2n) is 8.02. The monoisotopic (exact) mass is 686 g/mol. The summed E-state index contributed by atoms with van der Waals surface area (Å²) in [7, 11) is -30.1. The molecular formula is C17H15F9O9S3Si2. The predicted octanol–water partition coefficient (Wildman–Crippen LogP) is 2.25. The van der Waals surface area contributed by atoms with Gasteiger partial charge in [-0.3, -0.25) is 7.74 Å². The van der Waals surface area contributed by atoms with E-state index in [0.29, 0.717) is 24.3 Å². The number of halogens is 9. The molecule has 0 saturated carbocycles. The first-order chi connectivity index (χ1) is 17.7. The van der Waals surface area contributed by atoms with E-state index in [1.54, 1.807) is 0 Å². The Labute approximate surface area is 223 Å². The van der Waals surface area contributed by atoms with Crippen LogP contribution >= 0.6 is 0 Å². The molecule has 0 aliphatic heterocycles. The molecule has 23 heteroatoms. The maximum atomic E-state index is 13.3. The van der Waals surface area contributed by atoms with Gasteiger partial charge >= 0.3 is 55.4 Å². The Kier molecular flexibility index (Phi) is 9.11. The molecule has 0 N–H and O–H groups in total. The Morgan fingerprint density at radius 2 is 0.800 bits per heavy atom. The van der Waals surface area contributed by atoms with E-state index in [1.165, 1.54) is 6.07 Å². The van der Waals surface area contributed by atoms with Crippen LogP contribution in [0.1, 0.15) is 0 Å². The van der Waals surface area contributed by atoms with Crippen LogP contribution in [0.3, 0.4) is 0 Å². The molecule has 0 saturated heterocycles. The van der Waals surface area contributed by atoms with Crippen LogP contribution in [0.5, 0.6) is 0 Å². The van der Waals surface area contributed by atoms with Crippen LogP contribution in [0.4, 0.5) is 39.5 Å². The number of hydrogen-bond donors (Lipinski definition) is 0. The topological polar surface area (TPSA) is 130 Å². The average Bonchev–Trinajstić information content (AvgIpc) is 2.76. The molecule has 2 rings (SSSR count). The van der Waals surface area contributed by atoms with E-state index >= 15 is 0 Å². The lowest BCUT2D eigenvalue weighted by molar-refractivity contribution is -0.0528. The zero-order valence-corrected chi connectivity index (χ0v) is 23.9. The summed E-state index contributed by atoms with van der Waals surface area (Å²) in [6, 6.07) is 6.97. The lowest BCUT2D eigenvalue weighted by atomic mass is 10.4. The van der Waals surface area contributed by atoms with Gasteiger partial charge in [-0.25, -0.2) is 0 Å². The largest absolute Gasteiger partial charge is 0.522 e. The van der Waals surface area contributed by atoms with Crippen LogP contribution in [-0.2, 0) is 42.0 Å². The van der Waals surface area contributed by atoms with Crippen molar-refractivity contribution in [2.75, 3.05) is 0 Å². The Morgan fingerprint density at radius 1 is 0.500 bits per heavy atom. The van der Waals surface area contributed by atoms with Crippen molar-refractivity contribution in [3.8, 4) is 0 Å². The minimum Gasteiger partial charge on any atom is -0.303 e. The third-order valence-corrected chi connectivity index (χ3v) is 16.5. The van der Waals surface area contributed by atoms with Crippen molar-refractivity contribution in [3.05, 3.63) is 54.6 Å². The Bertz CT molecular complexity index is 1490. The maximum Gasteiger partial charge on any atom is 0.522 e. The summed E-state index contributed by atoms with van der Waals surface area (Å²) in [5, 5.41) is -2.24. The lowest BCUT2D eigenvalue weighted by Gasteiger charge is -2.31. The molecular weight excluding hydrogens is 672 g/mol. The highest BCUT2D eigenvalue weighted by atomic mass is 32.2. The van der Waals surface area contributed by atoms with Crippen molar-refractivity contribution in [3.63, 3.8) is 0 Å². The van der Waals surface area contributed by atoms with E-state index < -0.39 is 74.1 Å². The standard InChI is InChI=1S/C17H15F9O9S3Si2/c1-39(2,33-36(27,28)15(18,19)20)12-8-10-14(11-9-12)40(13-6-4-3-5-7-13,34-37(29,30)16(21,22)23)35-38(31,32)17(24,25)26/h3-11H,1-2H3. The van der Waals surface area contributed by atoms with Crippen LogP contribution in [0.25, 0.3) is 0 Å². The van der Waals surface area contributed by atoms with E-state index in [1.807, 2.05) is 0 Å². The second-order valence-corrected chi connectivity index (χ2v) is 20.1. The first-order valence-electron chi connectivity index (χ1n) is 9.91. The van der Waals surface area contributed by atoms with Gasteiger partial charge in [0.15, 0.2) is 0 Å². The van der Waals surface area contributed by atoms with Crippen LogP contribution < -0.4 is 15.6 Å². The Morgan fingerprint density at radius 3 is 1.15 bits per heavy atom. The highest BCUT2D eigenvalue weighted by Gasteiger charge is 2.62. The Hall–Kier alpha value is -2.03. The van der Waals surface area contributed by atoms with Crippen molar-refractivity contribution in [2.24, 2.45) is 0 Å². The summed E-state index contributed by atoms with van der Waals surface area (Å²) >= 11 is 0. The zero-order valence-electron chi connectivity index (χ0n) is 19.5. The first-order valence-corrected chi connectivity index (χ1v) is 18.9. The molecule has 40 heavy (non-hydrogen) atoms. The van der Waals surface area contributed by atoms with Gasteiger partial charge in [-0.15, -0.1) is 0 Å². The van der Waals surface area contributed by atoms with Gasteiger partial charge in [0.2, 0.25) is 8.32 Å². The molecule has 0 aliphatic carbocycles. The molecule has 2 aromatic carbocycles. The molecule has 0 aromatic heterocycles. The number of rotatable bonds is 9. The van der Waals surface area contributed by atoms with Crippen LogP contribution in [0.2, 0.25) is 13.1 Å². The van der Waals surface area contributed by atoms with Crippen LogP contribution in [0, 0.1) is 0 Å². The van der Waals surface area contributed by atoms with Crippen LogP contribution in [0.15, 0.2) is 54.6 Å². The average molecular weight is 687 g/mol. The van der Waals surface area contributed by atoms with Crippen molar-refractivity contribution < 1.29 is 76.4 Å². The molecule has 0 bridgehead atoms. The molecule has 0 atom stereocenters. The first kappa shape index (κ1) is 34.2. The summed E-state index contributed by atoms with van der Waals surface area (Å²) in [5.74, 6) is 0. The smallest absolute Gasteiger partial charge is 0.303 e. The number of benzene rings is 2. The van der Waals surface area contributed by atoms with Crippen molar-refractivity contribution >= 4 is 62.8 Å². The molecule has 9 nitrogen and oxygen atoms in total. The fourth-order valence-electron chi connectivity index (χ4n) is 2.89. The van der Waals surface area contributed by atoms with Gasteiger partial charge in [-0.2, -0.15) is 64.8 Å². The molecule has 226 valence electrons. The van der Waals surface area contributed by atoms with Gasteiger partial charge in [-0.05, 0) is 18.3 Å². The van der Waals surface area contributed by atoms with E-state index in [9.17, 15) is 64.8 Å². The third-order valence-electron chi connectivity index (χ3n) is 4.74. The molecule has 0 fully saturated rings. The second kappa shape index (κ2) is 10.7. The zero-order chi connectivity index (χ0) is 31.2. The maximum absolute atomic E-state index is 13.3. The lowest BCUT2D eigenvalue weighted by Crippen LogP contribution is -2.66. The highest BCUT2D eigenvalue weighted by molar-refractivity contribution is 7.90. The van der Waals surface area contributed by atoms with Crippen molar-refractivity contribution in [1.29, 1.82) is 0 Å². The van der Waals surface area contributed by atoms with E-state index in [-0.39, 0.29) is 5.19 Å². The molecule has 2 aromatic rings. The highest BCUT2D eigenvalue weighted by Crippen LogP contribution is 2.33.